The van der Waals surface area contributed by atoms with Gasteiger partial charge in [0.2, 0.25) is 5.95 Å². The van der Waals surface area contributed by atoms with Crippen LogP contribution >= 0.6 is 0 Å². The lowest BCUT2D eigenvalue weighted by atomic mass is 10.2. The van der Waals surface area contributed by atoms with Crippen molar-refractivity contribution in [2.75, 3.05) is 44.8 Å². The number of fused-ring (bicyclic) bond motifs is 1. The lowest BCUT2D eigenvalue weighted by Crippen LogP contribution is -2.44. The fraction of sp³-hybridized carbons (Fsp3) is 0.467. The Morgan fingerprint density at radius 3 is 2.73 bits per heavy atom. The molecule has 2 heterocycles. The van der Waals surface area contributed by atoms with Crippen LogP contribution in [0.3, 0.4) is 0 Å². The highest BCUT2D eigenvalue weighted by molar-refractivity contribution is 5.82. The molecule has 0 spiro atoms. The maximum atomic E-state index is 12.3. The highest BCUT2D eigenvalue weighted by Gasteiger charge is 2.16. The van der Waals surface area contributed by atoms with Crippen LogP contribution in [0, 0.1) is 0 Å². The summed E-state index contributed by atoms with van der Waals surface area (Å²) < 4.78 is 10.8. The van der Waals surface area contributed by atoms with E-state index in [9.17, 15) is 4.79 Å². The maximum Gasteiger partial charge on any atom is 0.260 e. The van der Waals surface area contributed by atoms with Gasteiger partial charge in [0.1, 0.15) is 0 Å². The van der Waals surface area contributed by atoms with E-state index in [-0.39, 0.29) is 5.56 Å². The van der Waals surface area contributed by atoms with Crippen LogP contribution in [0.4, 0.5) is 5.95 Å². The van der Waals surface area contributed by atoms with Crippen molar-refractivity contribution in [1.82, 2.24) is 15.3 Å². The number of nitrogens with zero attached hydrogens (tertiary/aromatic N) is 2. The third-order valence-corrected chi connectivity index (χ3v) is 3.69. The normalized spacial score (nSPS) is 15.1. The number of aromatic amines is 1. The Kier molecular flexibility index (Phi) is 4.15. The third kappa shape index (κ3) is 2.71. The van der Waals surface area contributed by atoms with Crippen LogP contribution < -0.4 is 25.2 Å². The average molecular weight is 304 g/mol. The number of aromatic nitrogens is 2. The standard InChI is InChI=1S/C15H20N4O3/c1-3-22-13-9-11-10(8-12(13)21-2)14(20)18-15(17-11)19-6-4-16-5-7-19/h8-9,16H,3-7H2,1-2H3,(H,17,18,20). The van der Waals surface area contributed by atoms with E-state index in [1.54, 1.807) is 19.2 Å². The smallest absolute Gasteiger partial charge is 0.260 e. The van der Waals surface area contributed by atoms with E-state index >= 15 is 0 Å². The molecule has 0 saturated carbocycles. The lowest BCUT2D eigenvalue weighted by molar-refractivity contribution is 0.311. The molecule has 1 aliphatic heterocycles. The van der Waals surface area contributed by atoms with Crippen LogP contribution in [0.5, 0.6) is 11.5 Å². The number of nitrogens with one attached hydrogen (secondary N) is 2. The number of methoxy groups -OCH3 is 1. The van der Waals surface area contributed by atoms with Gasteiger partial charge < -0.3 is 19.7 Å². The van der Waals surface area contributed by atoms with Gasteiger partial charge in [0.25, 0.3) is 5.56 Å². The summed E-state index contributed by atoms with van der Waals surface area (Å²) in [5, 5.41) is 3.78. The molecule has 0 aliphatic carbocycles. The highest BCUT2D eigenvalue weighted by Crippen LogP contribution is 2.30. The second-order valence-electron chi connectivity index (χ2n) is 5.08. The van der Waals surface area contributed by atoms with E-state index in [1.165, 1.54) is 0 Å². The van der Waals surface area contributed by atoms with Crippen LogP contribution in [0.2, 0.25) is 0 Å². The molecule has 0 radical (unpaired) electrons. The molecule has 7 heteroatoms. The Morgan fingerprint density at radius 1 is 1.27 bits per heavy atom. The molecule has 0 bridgehead atoms. The molecule has 1 fully saturated rings. The quantitative estimate of drug-likeness (QED) is 0.867. The Labute approximate surface area is 128 Å². The first kappa shape index (κ1) is 14.6. The largest absolute Gasteiger partial charge is 0.493 e. The van der Waals surface area contributed by atoms with E-state index in [0.717, 1.165) is 26.2 Å². The Bertz CT molecular complexity index is 723. The molecule has 0 atom stereocenters. The number of H-pyrrole nitrogens is 1. The number of rotatable bonds is 4. The molecule has 1 aliphatic rings. The summed E-state index contributed by atoms with van der Waals surface area (Å²) in [5.74, 6) is 1.74. The predicted octanol–water partition coefficient (Wildman–Crippen LogP) is 0.740. The number of benzene rings is 1. The van der Waals surface area contributed by atoms with Gasteiger partial charge >= 0.3 is 0 Å². The third-order valence-electron chi connectivity index (χ3n) is 3.69. The van der Waals surface area contributed by atoms with Gasteiger partial charge in [0.05, 0.1) is 24.6 Å². The minimum atomic E-state index is -0.167. The Balaban J connectivity index is 2.09. The summed E-state index contributed by atoms with van der Waals surface area (Å²) >= 11 is 0. The van der Waals surface area contributed by atoms with Gasteiger partial charge in [0.15, 0.2) is 11.5 Å². The Hall–Kier alpha value is -2.28. The molecule has 1 aromatic heterocycles. The van der Waals surface area contributed by atoms with E-state index in [0.29, 0.717) is 35.0 Å². The van der Waals surface area contributed by atoms with E-state index < -0.39 is 0 Å². The molecule has 1 saturated heterocycles. The molecule has 1 aromatic carbocycles. The van der Waals surface area contributed by atoms with Gasteiger partial charge in [-0.1, -0.05) is 0 Å². The monoisotopic (exact) mass is 304 g/mol. The van der Waals surface area contributed by atoms with E-state index in [1.807, 2.05) is 6.92 Å². The zero-order valence-electron chi connectivity index (χ0n) is 12.8. The first-order valence-electron chi connectivity index (χ1n) is 7.43. The highest BCUT2D eigenvalue weighted by atomic mass is 16.5. The fourth-order valence-electron chi connectivity index (χ4n) is 2.59. The van der Waals surface area contributed by atoms with Crippen molar-refractivity contribution in [2.45, 2.75) is 6.92 Å². The molecule has 0 amide bonds. The summed E-state index contributed by atoms with van der Waals surface area (Å²) in [6, 6.07) is 3.44. The van der Waals surface area contributed by atoms with Crippen molar-refractivity contribution >= 4 is 16.9 Å². The number of piperazine rings is 1. The minimum absolute atomic E-state index is 0.167. The summed E-state index contributed by atoms with van der Waals surface area (Å²) in [6.45, 7) is 5.84. The van der Waals surface area contributed by atoms with Crippen LogP contribution in [0.15, 0.2) is 16.9 Å². The predicted molar refractivity (Wildman–Crippen MR) is 85.2 cm³/mol. The molecule has 22 heavy (non-hydrogen) atoms. The number of ether oxygens (including phenoxy) is 2. The maximum absolute atomic E-state index is 12.3. The van der Waals surface area contributed by atoms with Crippen LogP contribution in [-0.2, 0) is 0 Å². The average Bonchev–Trinajstić information content (AvgIpc) is 2.55. The zero-order chi connectivity index (χ0) is 15.5. The van der Waals surface area contributed by atoms with Gasteiger partial charge in [-0.05, 0) is 13.0 Å². The lowest BCUT2D eigenvalue weighted by Gasteiger charge is -2.27. The molecule has 0 unspecified atom stereocenters. The number of hydrogen-bond donors (Lipinski definition) is 2. The fourth-order valence-corrected chi connectivity index (χ4v) is 2.59. The molecule has 2 N–H and O–H groups in total. The molecule has 7 nitrogen and oxygen atoms in total. The zero-order valence-corrected chi connectivity index (χ0v) is 12.8. The van der Waals surface area contributed by atoms with Gasteiger partial charge in [-0.15, -0.1) is 0 Å². The molecule has 3 rings (SSSR count). The van der Waals surface area contributed by atoms with Gasteiger partial charge in [-0.3, -0.25) is 9.78 Å². The van der Waals surface area contributed by atoms with Gasteiger partial charge in [0, 0.05) is 32.2 Å². The SMILES string of the molecule is CCOc1cc2nc(N3CCNCC3)[nH]c(=O)c2cc1OC. The Morgan fingerprint density at radius 2 is 2.05 bits per heavy atom. The van der Waals surface area contributed by atoms with Crippen molar-refractivity contribution < 1.29 is 9.47 Å². The van der Waals surface area contributed by atoms with Crippen LogP contribution in [0.1, 0.15) is 6.92 Å². The van der Waals surface area contributed by atoms with Gasteiger partial charge in [-0.25, -0.2) is 4.98 Å². The van der Waals surface area contributed by atoms with Crippen molar-refractivity contribution in [3.8, 4) is 11.5 Å². The first-order chi connectivity index (χ1) is 10.7. The van der Waals surface area contributed by atoms with Crippen LogP contribution in [-0.4, -0.2) is 49.9 Å². The molecular formula is C15H20N4O3. The molecular weight excluding hydrogens is 284 g/mol. The van der Waals surface area contributed by atoms with Crippen molar-refractivity contribution in [3.63, 3.8) is 0 Å². The van der Waals surface area contributed by atoms with E-state index in [4.69, 9.17) is 9.47 Å². The molecule has 2 aromatic rings. The number of hydrogen-bond acceptors (Lipinski definition) is 6. The van der Waals surface area contributed by atoms with Crippen molar-refractivity contribution in [1.29, 1.82) is 0 Å². The van der Waals surface area contributed by atoms with Crippen LogP contribution in [0.25, 0.3) is 10.9 Å². The summed E-state index contributed by atoms with van der Waals surface area (Å²) in [5.41, 5.74) is 0.446. The summed E-state index contributed by atoms with van der Waals surface area (Å²) in [6.07, 6.45) is 0. The second kappa shape index (κ2) is 6.23. The van der Waals surface area contributed by atoms with Crippen molar-refractivity contribution in [2.24, 2.45) is 0 Å². The van der Waals surface area contributed by atoms with E-state index in [2.05, 4.69) is 20.2 Å². The minimum Gasteiger partial charge on any atom is -0.493 e. The summed E-state index contributed by atoms with van der Waals surface area (Å²) in [7, 11) is 1.56. The number of anilines is 1. The second-order valence-corrected chi connectivity index (χ2v) is 5.08. The molecule has 118 valence electrons. The first-order valence-corrected chi connectivity index (χ1v) is 7.43. The topological polar surface area (TPSA) is 79.5 Å². The van der Waals surface area contributed by atoms with Crippen molar-refractivity contribution in [3.05, 3.63) is 22.5 Å². The summed E-state index contributed by atoms with van der Waals surface area (Å²) in [4.78, 5) is 21.9. The van der Waals surface area contributed by atoms with Gasteiger partial charge in [-0.2, -0.15) is 0 Å².